The zero-order valence-electron chi connectivity index (χ0n) is 10.2. The number of rotatable bonds is 4. The van der Waals surface area contributed by atoms with Gasteiger partial charge in [0.1, 0.15) is 0 Å². The van der Waals surface area contributed by atoms with Crippen LogP contribution in [-0.2, 0) is 4.79 Å². The predicted molar refractivity (Wildman–Crippen MR) is 71.0 cm³/mol. The van der Waals surface area contributed by atoms with E-state index in [2.05, 4.69) is 4.74 Å². The van der Waals surface area contributed by atoms with Crippen molar-refractivity contribution in [3.8, 4) is 5.75 Å². The number of hydrogen-bond acceptors (Lipinski definition) is 4. The Hall–Kier alpha value is -1.97. The quantitative estimate of drug-likeness (QED) is 0.870. The van der Waals surface area contributed by atoms with E-state index in [1.165, 1.54) is 6.92 Å². The molecule has 98 valence electrons. The smallest absolute Gasteiger partial charge is 0.395 e. The van der Waals surface area contributed by atoms with Crippen molar-refractivity contribution < 1.29 is 19.3 Å². The molecule has 2 atom stereocenters. The Bertz CT molecular complexity index is 636. The zero-order valence-corrected chi connectivity index (χ0v) is 11.1. The lowest BCUT2D eigenvalue weighted by Gasteiger charge is -2.03. The van der Waals surface area contributed by atoms with Crippen molar-refractivity contribution in [1.82, 2.24) is 0 Å². The third kappa shape index (κ3) is 3.28. The lowest BCUT2D eigenvalue weighted by Crippen LogP contribution is -2.13. The number of aliphatic carboxylic acids is 1. The number of nitrogens with zero attached hydrogens (tertiary/aromatic N) is 1. The largest absolute Gasteiger partial charge is 0.575 e. The van der Waals surface area contributed by atoms with Gasteiger partial charge >= 0.3 is 14.1 Å². The molecule has 0 fully saturated rings. The number of carboxylic acid groups (broad SMARTS) is 1. The van der Waals surface area contributed by atoms with Crippen molar-refractivity contribution in [2.45, 2.75) is 13.0 Å². The molecular weight excluding hydrogens is 265 g/mol. The van der Waals surface area contributed by atoms with Crippen LogP contribution in [0.5, 0.6) is 5.75 Å². The van der Waals surface area contributed by atoms with Gasteiger partial charge in [0, 0.05) is 5.39 Å². The predicted octanol–water partition coefficient (Wildman–Crippen LogP) is 2.55. The summed E-state index contributed by atoms with van der Waals surface area (Å²) in [5.41, 5.74) is 0. The molecule has 0 saturated carbocycles. The standard InChI is InChI=1S/C13H12NO4P/c1-9(13(15)16)14-19(17)18-12-8-4-6-10-5-2-3-7-11(10)12/h2-9H,1H3,(H,15,16). The maximum atomic E-state index is 11.7. The topological polar surface area (TPSA) is 82.0 Å². The summed E-state index contributed by atoms with van der Waals surface area (Å²) < 4.78 is 8.79. The molecular formula is C13H12NO4P. The van der Waals surface area contributed by atoms with Gasteiger partial charge in [0.25, 0.3) is 0 Å². The molecule has 19 heavy (non-hydrogen) atoms. The van der Waals surface area contributed by atoms with E-state index >= 15 is 0 Å². The number of benzene rings is 2. The third-order valence-corrected chi connectivity index (χ3v) is 3.44. The fourth-order valence-corrected chi connectivity index (χ4v) is 2.33. The molecule has 0 radical (unpaired) electrons. The van der Waals surface area contributed by atoms with E-state index in [-0.39, 0.29) is 0 Å². The molecule has 0 aliphatic heterocycles. The van der Waals surface area contributed by atoms with E-state index in [4.69, 9.17) is 9.63 Å². The van der Waals surface area contributed by atoms with E-state index in [9.17, 15) is 9.69 Å². The lowest BCUT2D eigenvalue weighted by atomic mass is 10.1. The molecule has 5 nitrogen and oxygen atoms in total. The summed E-state index contributed by atoms with van der Waals surface area (Å²) >= 11 is 0. The summed E-state index contributed by atoms with van der Waals surface area (Å²) in [6.07, 6.45) is 0. The first kappa shape index (κ1) is 13.5. The molecule has 0 spiro atoms. The van der Waals surface area contributed by atoms with Crippen LogP contribution < -0.4 is 9.42 Å². The second kappa shape index (κ2) is 5.78. The molecule has 2 rings (SSSR count). The van der Waals surface area contributed by atoms with Crippen LogP contribution in [0.4, 0.5) is 0 Å². The maximum absolute atomic E-state index is 11.7. The summed E-state index contributed by atoms with van der Waals surface area (Å²) in [5.74, 6) is -0.703. The first-order chi connectivity index (χ1) is 9.08. The highest BCUT2D eigenvalue weighted by Gasteiger charge is 2.16. The van der Waals surface area contributed by atoms with Crippen molar-refractivity contribution in [3.63, 3.8) is 0 Å². The Morgan fingerprint density at radius 2 is 2.00 bits per heavy atom. The minimum Gasteiger partial charge on any atom is -0.575 e. The normalized spacial score (nSPS) is 13.3. The van der Waals surface area contributed by atoms with Crippen molar-refractivity contribution in [3.05, 3.63) is 42.5 Å². The van der Waals surface area contributed by atoms with Gasteiger partial charge in [-0.1, -0.05) is 41.1 Å². The molecule has 0 saturated heterocycles. The minimum absolute atomic E-state index is 0.431. The molecule has 2 aromatic carbocycles. The molecule has 2 unspecified atom stereocenters. The molecule has 0 aliphatic carbocycles. The van der Waals surface area contributed by atoms with Gasteiger partial charge < -0.3 is 10.00 Å². The average molecular weight is 277 g/mol. The average Bonchev–Trinajstić information content (AvgIpc) is 2.39. The van der Waals surface area contributed by atoms with Gasteiger partial charge in [-0.3, -0.25) is 4.52 Å². The Kier molecular flexibility index (Phi) is 4.10. The van der Waals surface area contributed by atoms with Crippen molar-refractivity contribution in [1.29, 1.82) is 0 Å². The van der Waals surface area contributed by atoms with E-state index in [0.29, 0.717) is 5.75 Å². The molecule has 0 heterocycles. The number of carboxylic acids is 1. The van der Waals surface area contributed by atoms with E-state index in [0.717, 1.165) is 10.8 Å². The van der Waals surface area contributed by atoms with Crippen molar-refractivity contribution in [2.75, 3.05) is 0 Å². The number of hydrogen-bond donors (Lipinski definition) is 1. The maximum Gasteiger partial charge on any atom is 0.395 e. The number of carbonyl (C=O) groups is 1. The molecule has 0 bridgehead atoms. The first-order valence-electron chi connectivity index (χ1n) is 5.64. The Morgan fingerprint density at radius 1 is 1.32 bits per heavy atom. The van der Waals surface area contributed by atoms with Crippen molar-refractivity contribution >= 4 is 24.9 Å². The van der Waals surface area contributed by atoms with E-state index in [1.807, 2.05) is 30.3 Å². The summed E-state index contributed by atoms with van der Waals surface area (Å²) in [6.45, 7) is 1.35. The van der Waals surface area contributed by atoms with Crippen molar-refractivity contribution in [2.24, 2.45) is 4.74 Å². The highest BCUT2D eigenvalue weighted by molar-refractivity contribution is 7.34. The highest BCUT2D eigenvalue weighted by atomic mass is 31.1. The number of fused-ring (bicyclic) bond motifs is 1. The molecule has 2 aromatic rings. The van der Waals surface area contributed by atoms with Crippen LogP contribution in [0.1, 0.15) is 6.92 Å². The van der Waals surface area contributed by atoms with Crippen LogP contribution in [0.3, 0.4) is 0 Å². The third-order valence-electron chi connectivity index (χ3n) is 2.55. The van der Waals surface area contributed by atoms with Gasteiger partial charge in [-0.25, -0.2) is 4.79 Å². The molecule has 0 aromatic heterocycles. The van der Waals surface area contributed by atoms with Crippen LogP contribution in [0.2, 0.25) is 0 Å². The van der Waals surface area contributed by atoms with Gasteiger partial charge in [0.2, 0.25) is 0 Å². The Morgan fingerprint density at radius 3 is 2.74 bits per heavy atom. The molecule has 6 heteroatoms. The summed E-state index contributed by atoms with van der Waals surface area (Å²) in [6, 6.07) is 11.8. The molecule has 1 N–H and O–H groups in total. The second-order valence-electron chi connectivity index (χ2n) is 3.94. The van der Waals surface area contributed by atoms with E-state index in [1.54, 1.807) is 12.1 Å². The summed E-state index contributed by atoms with van der Waals surface area (Å²) in [7, 11) is -2.41. The fraction of sp³-hybridized carbons (Fsp3) is 0.154. The van der Waals surface area contributed by atoms with Gasteiger partial charge in [-0.2, -0.15) is 0 Å². The lowest BCUT2D eigenvalue weighted by molar-refractivity contribution is -0.169. The summed E-state index contributed by atoms with van der Waals surface area (Å²) in [5, 5.41) is 10.5. The monoisotopic (exact) mass is 277 g/mol. The van der Waals surface area contributed by atoms with E-state index < -0.39 is 20.2 Å². The molecule has 0 aliphatic rings. The SMILES string of the molecule is CC(/N=[P+](\[O-])Oc1cccc2ccccc12)C(=O)O. The summed E-state index contributed by atoms with van der Waals surface area (Å²) in [4.78, 5) is 22.3. The van der Waals surface area contributed by atoms with Crippen LogP contribution in [-0.4, -0.2) is 17.1 Å². The van der Waals surface area contributed by atoms with Crippen LogP contribution in [0, 0.1) is 0 Å². The first-order valence-corrected chi connectivity index (χ1v) is 6.77. The van der Waals surface area contributed by atoms with Gasteiger partial charge in [0.15, 0.2) is 11.8 Å². The molecule has 0 amide bonds. The second-order valence-corrected chi connectivity index (χ2v) is 4.83. The Labute approximate surface area is 111 Å². The fourth-order valence-electron chi connectivity index (χ4n) is 1.57. The van der Waals surface area contributed by atoms with Gasteiger partial charge in [-0.05, 0) is 18.4 Å². The van der Waals surface area contributed by atoms with Crippen LogP contribution in [0.25, 0.3) is 10.8 Å². The van der Waals surface area contributed by atoms with Crippen LogP contribution in [0.15, 0.2) is 47.2 Å². The van der Waals surface area contributed by atoms with Crippen LogP contribution >= 0.6 is 8.17 Å². The minimum atomic E-state index is -2.41. The zero-order chi connectivity index (χ0) is 13.8. The Balaban J connectivity index is 2.29. The van der Waals surface area contributed by atoms with Gasteiger partial charge in [-0.15, -0.1) is 0 Å². The van der Waals surface area contributed by atoms with Gasteiger partial charge in [0.05, 0.1) is 0 Å². The highest BCUT2D eigenvalue weighted by Crippen LogP contribution is 2.31.